The number of sulfonamides is 1. The van der Waals surface area contributed by atoms with Crippen molar-refractivity contribution in [2.24, 2.45) is 5.92 Å². The highest BCUT2D eigenvalue weighted by Crippen LogP contribution is 2.32. The van der Waals surface area contributed by atoms with Crippen LogP contribution in [0.5, 0.6) is 5.75 Å². The van der Waals surface area contributed by atoms with Crippen molar-refractivity contribution in [3.8, 4) is 5.75 Å². The highest BCUT2D eigenvalue weighted by atomic mass is 32.2. The number of H-pyrrole nitrogens is 1. The highest BCUT2D eigenvalue weighted by Gasteiger charge is 2.24. The number of halogens is 1. The second-order valence-corrected chi connectivity index (χ2v) is 11.3. The molecular weight excluding hydrogens is 467 g/mol. The molecule has 1 aromatic heterocycles. The van der Waals surface area contributed by atoms with E-state index in [1.165, 1.54) is 6.07 Å². The third kappa shape index (κ3) is 5.86. The number of aromatic nitrogens is 1. The van der Waals surface area contributed by atoms with Crippen LogP contribution >= 0.6 is 0 Å². The number of aromatic amines is 1. The zero-order chi connectivity index (χ0) is 24.3. The second kappa shape index (κ2) is 10.7. The number of piperazine rings is 1. The lowest BCUT2D eigenvalue weighted by molar-refractivity contribution is 0.214. The maximum Gasteiger partial charge on any atom is 0.240 e. The lowest BCUT2D eigenvalue weighted by atomic mass is 9.86. The van der Waals surface area contributed by atoms with Crippen molar-refractivity contribution < 1.29 is 17.5 Å². The molecule has 2 aromatic carbocycles. The summed E-state index contributed by atoms with van der Waals surface area (Å²) in [7, 11) is -3.62. The summed E-state index contributed by atoms with van der Waals surface area (Å²) in [6.07, 6.45) is 3.38. The van der Waals surface area contributed by atoms with E-state index in [0.717, 1.165) is 80.6 Å². The summed E-state index contributed by atoms with van der Waals surface area (Å²) in [5, 5.41) is 4.25. The molecule has 35 heavy (non-hydrogen) atoms. The number of benzene rings is 2. The Morgan fingerprint density at radius 3 is 2.71 bits per heavy atom. The van der Waals surface area contributed by atoms with E-state index >= 15 is 0 Å². The molecule has 0 spiro atoms. The van der Waals surface area contributed by atoms with Gasteiger partial charge in [-0.1, -0.05) is 0 Å². The van der Waals surface area contributed by atoms with E-state index in [1.807, 2.05) is 0 Å². The normalized spacial score (nSPS) is 19.1. The van der Waals surface area contributed by atoms with Crippen LogP contribution in [0.3, 0.4) is 0 Å². The van der Waals surface area contributed by atoms with Gasteiger partial charge in [-0.15, -0.1) is 0 Å². The number of nitrogens with one attached hydrogen (secondary N) is 3. The van der Waals surface area contributed by atoms with Gasteiger partial charge in [0.05, 0.1) is 11.5 Å². The van der Waals surface area contributed by atoms with Crippen LogP contribution in [0.2, 0.25) is 0 Å². The van der Waals surface area contributed by atoms with Crippen molar-refractivity contribution in [3.05, 3.63) is 59.5 Å². The van der Waals surface area contributed by atoms with E-state index in [4.69, 9.17) is 4.74 Å². The average Bonchev–Trinajstić information content (AvgIpc) is 3.23. The van der Waals surface area contributed by atoms with Crippen LogP contribution in [0.25, 0.3) is 10.9 Å². The van der Waals surface area contributed by atoms with Crippen LogP contribution in [-0.2, 0) is 22.9 Å². The van der Waals surface area contributed by atoms with Gasteiger partial charge in [-0.3, -0.25) is 0 Å². The van der Waals surface area contributed by atoms with Gasteiger partial charge in [0.25, 0.3) is 0 Å². The summed E-state index contributed by atoms with van der Waals surface area (Å²) in [6.45, 7) is 6.19. The van der Waals surface area contributed by atoms with Crippen molar-refractivity contribution in [3.63, 3.8) is 0 Å². The average molecular weight is 501 g/mol. The lowest BCUT2D eigenvalue weighted by Crippen LogP contribution is -2.43. The summed E-state index contributed by atoms with van der Waals surface area (Å²) in [5.74, 6) is 0.586. The summed E-state index contributed by atoms with van der Waals surface area (Å²) in [6, 6.07) is 11.4. The van der Waals surface area contributed by atoms with Gasteiger partial charge in [0, 0.05) is 55.9 Å². The van der Waals surface area contributed by atoms with E-state index in [-0.39, 0.29) is 16.6 Å². The number of hydrogen-bond donors (Lipinski definition) is 3. The second-order valence-electron chi connectivity index (χ2n) is 9.50. The van der Waals surface area contributed by atoms with Gasteiger partial charge in [-0.2, -0.15) is 0 Å². The molecule has 7 nitrogen and oxygen atoms in total. The number of rotatable bonds is 9. The predicted octanol–water partition coefficient (Wildman–Crippen LogP) is 3.06. The quantitative estimate of drug-likeness (QED) is 0.393. The molecule has 188 valence electrons. The van der Waals surface area contributed by atoms with Crippen LogP contribution in [-0.4, -0.2) is 64.2 Å². The molecule has 0 amide bonds. The first kappa shape index (κ1) is 24.2. The molecule has 1 aliphatic heterocycles. The fraction of sp³-hybridized carbons (Fsp3) is 0.462. The Bertz CT molecular complexity index is 1250. The molecule has 2 heterocycles. The smallest absolute Gasteiger partial charge is 0.240 e. The van der Waals surface area contributed by atoms with Crippen molar-refractivity contribution in [2.45, 2.75) is 30.6 Å². The molecule has 5 rings (SSSR count). The third-order valence-electron chi connectivity index (χ3n) is 7.05. The largest absolute Gasteiger partial charge is 0.494 e. The summed E-state index contributed by atoms with van der Waals surface area (Å²) < 4.78 is 48.0. The number of hydrogen-bond acceptors (Lipinski definition) is 5. The number of nitrogens with zero attached hydrogens (tertiary/aromatic N) is 1. The summed E-state index contributed by atoms with van der Waals surface area (Å²) in [4.78, 5) is 6.03. The van der Waals surface area contributed by atoms with E-state index in [9.17, 15) is 12.8 Å². The number of aryl methyl sites for hydroxylation is 1. The van der Waals surface area contributed by atoms with Gasteiger partial charge < -0.3 is 19.9 Å². The molecular formula is C26H33FN4O3S. The molecule has 1 aliphatic carbocycles. The topological polar surface area (TPSA) is 86.5 Å². The summed E-state index contributed by atoms with van der Waals surface area (Å²) in [5.41, 5.74) is 3.17. The molecule has 0 radical (unpaired) electrons. The fourth-order valence-corrected chi connectivity index (χ4v) is 6.19. The van der Waals surface area contributed by atoms with Gasteiger partial charge in [-0.25, -0.2) is 17.5 Å². The molecule has 1 saturated heterocycles. The predicted molar refractivity (Wildman–Crippen MR) is 135 cm³/mol. The minimum Gasteiger partial charge on any atom is -0.494 e. The Morgan fingerprint density at radius 2 is 1.91 bits per heavy atom. The Kier molecular flexibility index (Phi) is 7.38. The van der Waals surface area contributed by atoms with E-state index < -0.39 is 10.0 Å². The van der Waals surface area contributed by atoms with E-state index in [1.54, 1.807) is 36.4 Å². The molecule has 0 saturated carbocycles. The minimum atomic E-state index is -3.62. The Labute approximate surface area is 206 Å². The molecule has 9 heteroatoms. The zero-order valence-corrected chi connectivity index (χ0v) is 20.7. The Morgan fingerprint density at radius 1 is 1.11 bits per heavy atom. The first-order valence-corrected chi connectivity index (χ1v) is 13.9. The molecule has 1 fully saturated rings. The minimum absolute atomic E-state index is 0.165. The van der Waals surface area contributed by atoms with E-state index in [0.29, 0.717) is 18.9 Å². The third-order valence-corrected chi connectivity index (χ3v) is 8.48. The fourth-order valence-electron chi connectivity index (χ4n) is 5.07. The van der Waals surface area contributed by atoms with Crippen LogP contribution in [0.4, 0.5) is 4.39 Å². The van der Waals surface area contributed by atoms with Crippen LogP contribution < -0.4 is 14.8 Å². The van der Waals surface area contributed by atoms with Crippen molar-refractivity contribution in [1.29, 1.82) is 0 Å². The van der Waals surface area contributed by atoms with Crippen LogP contribution in [0, 0.1) is 11.7 Å². The molecule has 1 atom stereocenters. The first-order chi connectivity index (χ1) is 17.0. The molecule has 0 bridgehead atoms. The SMILES string of the molecule is O=S(=O)(NCC1CCc2[nH]c3ccc(F)cc3c2C1)c1ccc(OCCCN2CCNCC2)cc1. The van der Waals surface area contributed by atoms with Gasteiger partial charge in [0.2, 0.25) is 10.0 Å². The van der Waals surface area contributed by atoms with Gasteiger partial charge in [-0.05, 0) is 79.6 Å². The van der Waals surface area contributed by atoms with Crippen molar-refractivity contribution in [1.82, 2.24) is 19.9 Å². The molecule has 3 aromatic rings. The maximum absolute atomic E-state index is 13.7. The van der Waals surface area contributed by atoms with Gasteiger partial charge >= 0.3 is 0 Å². The van der Waals surface area contributed by atoms with Gasteiger partial charge in [0.1, 0.15) is 11.6 Å². The first-order valence-electron chi connectivity index (χ1n) is 12.4. The van der Waals surface area contributed by atoms with Crippen molar-refractivity contribution >= 4 is 20.9 Å². The molecule has 2 aliphatic rings. The zero-order valence-electron chi connectivity index (χ0n) is 19.9. The summed E-state index contributed by atoms with van der Waals surface area (Å²) >= 11 is 0. The van der Waals surface area contributed by atoms with Crippen LogP contribution in [0.15, 0.2) is 47.4 Å². The highest BCUT2D eigenvalue weighted by molar-refractivity contribution is 7.89. The van der Waals surface area contributed by atoms with Crippen molar-refractivity contribution in [2.75, 3.05) is 45.9 Å². The van der Waals surface area contributed by atoms with Crippen LogP contribution in [0.1, 0.15) is 24.1 Å². The van der Waals surface area contributed by atoms with Gasteiger partial charge in [0.15, 0.2) is 0 Å². The Balaban J connectivity index is 1.12. The Hall–Kier alpha value is -2.46. The molecule has 1 unspecified atom stereocenters. The monoisotopic (exact) mass is 500 g/mol. The maximum atomic E-state index is 13.7. The number of fused-ring (bicyclic) bond motifs is 3. The standard InChI is InChI=1S/C26H33FN4O3S/c27-20-3-9-26-24(17-20)23-16-19(2-8-25(23)30-26)18-29-35(32,33)22-6-4-21(5-7-22)34-15-1-12-31-13-10-28-11-14-31/h3-7,9,17,19,28-30H,1-2,8,10-16,18H2. The lowest BCUT2D eigenvalue weighted by Gasteiger charge is -2.26. The molecule has 3 N–H and O–H groups in total. The van der Waals surface area contributed by atoms with E-state index in [2.05, 4.69) is 19.9 Å². The number of ether oxygens (including phenoxy) is 1.